The Morgan fingerprint density at radius 1 is 1.39 bits per heavy atom. The molecule has 1 aromatic rings. The van der Waals surface area contributed by atoms with E-state index in [9.17, 15) is 14.6 Å². The molecule has 1 saturated heterocycles. The third-order valence-electron chi connectivity index (χ3n) is 4.16. The zero-order chi connectivity index (χ0) is 16.4. The van der Waals surface area contributed by atoms with E-state index in [1.807, 2.05) is 0 Å². The molecule has 2 aliphatic rings. The van der Waals surface area contributed by atoms with Crippen molar-refractivity contribution in [1.82, 2.24) is 5.32 Å². The minimum absolute atomic E-state index is 0.0411. The van der Waals surface area contributed by atoms with E-state index in [0.717, 1.165) is 18.7 Å². The molecule has 122 valence electrons. The van der Waals surface area contributed by atoms with Crippen LogP contribution in [0.5, 0.6) is 5.75 Å². The minimum Gasteiger partial charge on any atom is -0.535 e. The fourth-order valence-corrected chi connectivity index (χ4v) is 3.78. The highest BCUT2D eigenvalue weighted by molar-refractivity contribution is 8.00. The van der Waals surface area contributed by atoms with Crippen LogP contribution in [0.15, 0.2) is 18.2 Å². The number of para-hydroxylation sites is 1. The van der Waals surface area contributed by atoms with Crippen LogP contribution in [-0.2, 0) is 11.2 Å². The van der Waals surface area contributed by atoms with Crippen molar-refractivity contribution in [2.24, 2.45) is 0 Å². The number of hydrogen-bond donors (Lipinski definition) is 3. The van der Waals surface area contributed by atoms with Crippen LogP contribution < -0.4 is 9.97 Å². The van der Waals surface area contributed by atoms with Gasteiger partial charge in [-0.2, -0.15) is 0 Å². The number of aromatic carboxylic acids is 1. The number of benzene rings is 1. The Morgan fingerprint density at radius 2 is 2.17 bits per heavy atom. The topological polar surface area (TPSA) is 95.9 Å². The summed E-state index contributed by atoms with van der Waals surface area (Å²) in [7, 11) is -1.15. The summed E-state index contributed by atoms with van der Waals surface area (Å²) in [6, 6.07) is 4.88. The van der Waals surface area contributed by atoms with Gasteiger partial charge in [-0.3, -0.25) is 4.79 Å². The van der Waals surface area contributed by atoms with Crippen LogP contribution in [0.4, 0.5) is 0 Å². The molecule has 23 heavy (non-hydrogen) atoms. The molecule has 1 fully saturated rings. The molecule has 1 aromatic carbocycles. The van der Waals surface area contributed by atoms with Crippen molar-refractivity contribution in [3.05, 3.63) is 29.3 Å². The number of thioether (sulfide) groups is 1. The van der Waals surface area contributed by atoms with Gasteiger partial charge in [0.1, 0.15) is 11.5 Å². The number of carbonyl (C=O) groups excluding carboxylic acids is 1. The van der Waals surface area contributed by atoms with E-state index in [1.165, 1.54) is 6.07 Å². The second kappa shape index (κ2) is 6.94. The average molecular weight is 335 g/mol. The summed E-state index contributed by atoms with van der Waals surface area (Å²) in [5, 5.41) is 23.0. The van der Waals surface area contributed by atoms with Crippen molar-refractivity contribution in [3.63, 3.8) is 0 Å². The average Bonchev–Trinajstić information content (AvgIpc) is 2.45. The maximum absolute atomic E-state index is 12.1. The predicted molar refractivity (Wildman–Crippen MR) is 88.2 cm³/mol. The van der Waals surface area contributed by atoms with Crippen molar-refractivity contribution in [3.8, 4) is 5.75 Å². The second-order valence-electron chi connectivity index (χ2n) is 5.91. The lowest BCUT2D eigenvalue weighted by atomic mass is 9.64. The predicted octanol–water partition coefficient (Wildman–Crippen LogP) is 0.835. The third kappa shape index (κ3) is 3.71. The van der Waals surface area contributed by atoms with Crippen LogP contribution in [0, 0.1) is 0 Å². The smallest absolute Gasteiger partial charge is 0.526 e. The summed E-state index contributed by atoms with van der Waals surface area (Å²) in [5.74, 6) is -0.677. The van der Waals surface area contributed by atoms with Gasteiger partial charge >= 0.3 is 13.1 Å². The highest BCUT2D eigenvalue weighted by Crippen LogP contribution is 2.36. The van der Waals surface area contributed by atoms with Gasteiger partial charge in [0.2, 0.25) is 0 Å². The normalized spacial score (nSPS) is 20.4. The molecule has 2 heterocycles. The lowest BCUT2D eigenvalue weighted by Gasteiger charge is -2.28. The summed E-state index contributed by atoms with van der Waals surface area (Å²) in [4.78, 5) is 23.3. The molecule has 0 radical (unpaired) electrons. The Hall–Kier alpha value is -1.51. The summed E-state index contributed by atoms with van der Waals surface area (Å²) >= 11 is 1.64. The summed E-state index contributed by atoms with van der Waals surface area (Å²) < 4.78 is 5.40. The maximum Gasteiger partial charge on any atom is 0.526 e. The number of nitrogens with one attached hydrogen (secondary N) is 1. The Labute approximate surface area is 138 Å². The number of carboxylic acid groups (broad SMARTS) is 1. The maximum atomic E-state index is 12.1. The van der Waals surface area contributed by atoms with E-state index in [-0.39, 0.29) is 29.3 Å². The lowest BCUT2D eigenvalue weighted by molar-refractivity contribution is -0.116. The summed E-state index contributed by atoms with van der Waals surface area (Å²) in [6.07, 6.45) is 0.685. The number of carboxylic acids is 1. The van der Waals surface area contributed by atoms with Gasteiger partial charge in [-0.05, 0) is 18.1 Å². The first-order valence-corrected chi connectivity index (χ1v) is 8.63. The van der Waals surface area contributed by atoms with Crippen LogP contribution in [-0.4, -0.2) is 53.1 Å². The lowest BCUT2D eigenvalue weighted by Crippen LogP contribution is -2.45. The fraction of sp³-hybridized carbons (Fsp3) is 0.467. The molecular weight excluding hydrogens is 317 g/mol. The first-order valence-electron chi connectivity index (χ1n) is 7.58. The largest absolute Gasteiger partial charge is 0.535 e. The molecule has 6 nitrogen and oxygen atoms in total. The van der Waals surface area contributed by atoms with Crippen molar-refractivity contribution >= 4 is 30.6 Å². The molecule has 0 spiro atoms. The first-order chi connectivity index (χ1) is 11.0. The molecule has 3 N–H and O–H groups in total. The number of ketones is 1. The van der Waals surface area contributed by atoms with Gasteiger partial charge in [0, 0.05) is 30.6 Å². The molecule has 0 aliphatic carbocycles. The third-order valence-corrected chi connectivity index (χ3v) is 5.46. The van der Waals surface area contributed by atoms with Crippen LogP contribution in [0.1, 0.15) is 22.3 Å². The number of fused-ring (bicyclic) bond motifs is 1. The second-order valence-corrected chi connectivity index (χ2v) is 7.19. The highest BCUT2D eigenvalue weighted by Gasteiger charge is 2.37. The van der Waals surface area contributed by atoms with Crippen LogP contribution in [0.2, 0.25) is 5.82 Å². The van der Waals surface area contributed by atoms with Crippen LogP contribution in [0.25, 0.3) is 0 Å². The Bertz CT molecular complexity index is 622. The fourth-order valence-electron chi connectivity index (χ4n) is 2.77. The van der Waals surface area contributed by atoms with E-state index >= 15 is 0 Å². The van der Waals surface area contributed by atoms with Crippen molar-refractivity contribution in [1.29, 1.82) is 0 Å². The molecule has 0 aromatic heterocycles. The van der Waals surface area contributed by atoms with Gasteiger partial charge in [0.25, 0.3) is 0 Å². The molecule has 3 rings (SSSR count). The van der Waals surface area contributed by atoms with Crippen LogP contribution >= 0.6 is 11.8 Å². The zero-order valence-electron chi connectivity index (χ0n) is 12.5. The molecule has 0 amide bonds. The first kappa shape index (κ1) is 16.4. The van der Waals surface area contributed by atoms with E-state index in [0.29, 0.717) is 17.4 Å². The van der Waals surface area contributed by atoms with Gasteiger partial charge in [0.15, 0.2) is 0 Å². The van der Waals surface area contributed by atoms with Gasteiger partial charge in [0.05, 0.1) is 11.3 Å². The minimum atomic E-state index is -1.15. The van der Waals surface area contributed by atoms with Crippen LogP contribution in [0.3, 0.4) is 0 Å². The van der Waals surface area contributed by atoms with Crippen molar-refractivity contribution in [2.75, 3.05) is 18.8 Å². The Kier molecular flexibility index (Phi) is 4.94. The molecule has 2 aliphatic heterocycles. The Morgan fingerprint density at radius 3 is 2.83 bits per heavy atom. The van der Waals surface area contributed by atoms with Crippen molar-refractivity contribution in [2.45, 2.75) is 23.9 Å². The highest BCUT2D eigenvalue weighted by atomic mass is 32.2. The molecule has 8 heteroatoms. The monoisotopic (exact) mass is 335 g/mol. The Balaban J connectivity index is 1.62. The quantitative estimate of drug-likeness (QED) is 0.663. The van der Waals surface area contributed by atoms with Gasteiger partial charge in [-0.25, -0.2) is 4.79 Å². The number of carbonyl (C=O) groups is 2. The standard InChI is InChI=1S/C15H18BNO5S/c18-11(8-23-12-6-17-7-12)5-10-4-9-2-1-3-13(15(19)20)14(9)22-16(10)21/h1-3,10,12,17,21H,4-8H2,(H,19,20)/t10-/m1/s1. The number of hydrogen-bond acceptors (Lipinski definition) is 6. The molecule has 0 bridgehead atoms. The number of Topliss-reactive ketones (excluding diaryl/α,β-unsaturated/α-hetero) is 1. The van der Waals surface area contributed by atoms with Crippen molar-refractivity contribution < 1.29 is 24.4 Å². The summed E-state index contributed by atoms with van der Waals surface area (Å²) in [5.41, 5.74) is 0.767. The molecular formula is C15H18BNO5S. The van der Waals surface area contributed by atoms with Gasteiger partial charge in [-0.1, -0.05) is 12.1 Å². The van der Waals surface area contributed by atoms with E-state index in [2.05, 4.69) is 5.32 Å². The van der Waals surface area contributed by atoms with E-state index in [4.69, 9.17) is 9.76 Å². The molecule has 0 unspecified atom stereocenters. The molecule has 0 saturated carbocycles. The number of rotatable bonds is 6. The SMILES string of the molecule is O=C(CSC1CNC1)C[C@H]1Cc2cccc(C(=O)O)c2OB1O. The van der Waals surface area contributed by atoms with E-state index < -0.39 is 13.1 Å². The van der Waals surface area contributed by atoms with E-state index in [1.54, 1.807) is 23.9 Å². The van der Waals surface area contributed by atoms with Gasteiger partial charge < -0.3 is 20.1 Å². The summed E-state index contributed by atoms with van der Waals surface area (Å²) in [6.45, 7) is 1.89. The zero-order valence-corrected chi connectivity index (χ0v) is 13.3. The van der Waals surface area contributed by atoms with Gasteiger partial charge in [-0.15, -0.1) is 11.8 Å². The molecule has 1 atom stereocenters.